The predicted octanol–water partition coefficient (Wildman–Crippen LogP) is 2.92. The second-order valence-electron chi connectivity index (χ2n) is 5.59. The molecule has 0 aromatic heterocycles. The van der Waals surface area contributed by atoms with Gasteiger partial charge in [0, 0.05) is 12.6 Å². The normalized spacial score (nSPS) is 22.9. The van der Waals surface area contributed by atoms with Gasteiger partial charge in [0.2, 0.25) is 0 Å². The first kappa shape index (κ1) is 13.5. The van der Waals surface area contributed by atoms with E-state index in [0.717, 1.165) is 38.0 Å². The van der Waals surface area contributed by atoms with E-state index in [2.05, 4.69) is 19.2 Å². The molecule has 1 aliphatic rings. The van der Waals surface area contributed by atoms with E-state index >= 15 is 0 Å². The highest BCUT2D eigenvalue weighted by atomic mass is 19.1. The summed E-state index contributed by atoms with van der Waals surface area (Å²) < 4.78 is 19.1. The fraction of sp³-hybridized carbons (Fsp3) is 0.600. The molecule has 1 saturated heterocycles. The Morgan fingerprint density at radius 2 is 2.17 bits per heavy atom. The minimum absolute atomic E-state index is 0.0338. The first-order valence-corrected chi connectivity index (χ1v) is 6.67. The molecule has 1 fully saturated rings. The average Bonchev–Trinajstić information content (AvgIpc) is 2.30. The molecule has 2 rings (SSSR count). The summed E-state index contributed by atoms with van der Waals surface area (Å²) in [5.74, 6) is -0.105. The Hall–Kier alpha value is -0.930. The summed E-state index contributed by atoms with van der Waals surface area (Å²) >= 11 is 0. The van der Waals surface area contributed by atoms with Crippen molar-refractivity contribution in [3.8, 4) is 0 Å². The van der Waals surface area contributed by atoms with Crippen LogP contribution in [0.3, 0.4) is 0 Å². The molecule has 1 N–H and O–H groups in total. The zero-order valence-corrected chi connectivity index (χ0v) is 11.2. The van der Waals surface area contributed by atoms with Crippen LogP contribution >= 0.6 is 0 Å². The van der Waals surface area contributed by atoms with E-state index in [-0.39, 0.29) is 11.4 Å². The second kappa shape index (κ2) is 5.81. The average molecular weight is 251 g/mol. The molecule has 2 nitrogen and oxygen atoms in total. The van der Waals surface area contributed by atoms with Crippen LogP contribution in [0, 0.1) is 5.82 Å². The van der Waals surface area contributed by atoms with Crippen LogP contribution < -0.4 is 5.32 Å². The van der Waals surface area contributed by atoms with Gasteiger partial charge in [-0.05, 0) is 51.3 Å². The highest BCUT2D eigenvalue weighted by Gasteiger charge is 2.28. The maximum atomic E-state index is 13.4. The smallest absolute Gasteiger partial charge is 0.126 e. The number of ether oxygens (including phenoxy) is 1. The molecule has 1 aromatic rings. The molecule has 100 valence electrons. The Morgan fingerprint density at radius 3 is 2.89 bits per heavy atom. The van der Waals surface area contributed by atoms with Crippen molar-refractivity contribution in [2.45, 2.75) is 44.8 Å². The van der Waals surface area contributed by atoms with Crippen molar-refractivity contribution in [1.29, 1.82) is 0 Å². The molecule has 1 aromatic carbocycles. The number of hydrogen-bond donors (Lipinski definition) is 1. The highest BCUT2D eigenvalue weighted by molar-refractivity contribution is 5.17. The van der Waals surface area contributed by atoms with Crippen LogP contribution in [-0.2, 0) is 11.2 Å². The number of benzene rings is 1. The summed E-state index contributed by atoms with van der Waals surface area (Å²) in [6, 6.07) is 7.47. The Morgan fingerprint density at radius 1 is 1.39 bits per heavy atom. The second-order valence-corrected chi connectivity index (χ2v) is 5.59. The third-order valence-corrected chi connectivity index (χ3v) is 3.48. The van der Waals surface area contributed by atoms with Crippen LogP contribution in [0.25, 0.3) is 0 Å². The number of hydrogen-bond acceptors (Lipinski definition) is 2. The van der Waals surface area contributed by atoms with Crippen LogP contribution in [0.15, 0.2) is 24.3 Å². The number of nitrogens with one attached hydrogen (secondary N) is 1. The lowest BCUT2D eigenvalue weighted by molar-refractivity contribution is -0.0627. The number of halogens is 1. The molecule has 1 heterocycles. The van der Waals surface area contributed by atoms with Crippen molar-refractivity contribution in [3.05, 3.63) is 35.6 Å². The quantitative estimate of drug-likeness (QED) is 0.888. The maximum Gasteiger partial charge on any atom is 0.126 e. The van der Waals surface area contributed by atoms with E-state index in [4.69, 9.17) is 4.74 Å². The van der Waals surface area contributed by atoms with Crippen molar-refractivity contribution in [2.75, 3.05) is 13.2 Å². The molecule has 0 amide bonds. The molecule has 0 radical (unpaired) electrons. The van der Waals surface area contributed by atoms with Gasteiger partial charge in [0.25, 0.3) is 0 Å². The van der Waals surface area contributed by atoms with Crippen LogP contribution in [0.4, 0.5) is 4.39 Å². The minimum atomic E-state index is -0.105. The van der Waals surface area contributed by atoms with E-state index in [9.17, 15) is 4.39 Å². The van der Waals surface area contributed by atoms with E-state index < -0.39 is 0 Å². The summed E-state index contributed by atoms with van der Waals surface area (Å²) in [7, 11) is 0. The molecule has 3 heteroatoms. The molecule has 1 aliphatic heterocycles. The molecule has 18 heavy (non-hydrogen) atoms. The lowest BCUT2D eigenvalue weighted by Crippen LogP contribution is -2.44. The van der Waals surface area contributed by atoms with Gasteiger partial charge < -0.3 is 10.1 Å². The summed E-state index contributed by atoms with van der Waals surface area (Å²) in [5, 5.41) is 3.51. The summed E-state index contributed by atoms with van der Waals surface area (Å²) in [6.07, 6.45) is 2.80. The van der Waals surface area contributed by atoms with Gasteiger partial charge in [-0.15, -0.1) is 0 Å². The van der Waals surface area contributed by atoms with Gasteiger partial charge >= 0.3 is 0 Å². The first-order valence-electron chi connectivity index (χ1n) is 6.67. The van der Waals surface area contributed by atoms with E-state index in [1.807, 2.05) is 12.1 Å². The zero-order valence-electron chi connectivity index (χ0n) is 11.2. The van der Waals surface area contributed by atoms with E-state index in [1.165, 1.54) is 6.07 Å². The van der Waals surface area contributed by atoms with Crippen molar-refractivity contribution >= 4 is 0 Å². The largest absolute Gasteiger partial charge is 0.375 e. The van der Waals surface area contributed by atoms with Crippen molar-refractivity contribution in [2.24, 2.45) is 0 Å². The summed E-state index contributed by atoms with van der Waals surface area (Å²) in [4.78, 5) is 0. The first-order chi connectivity index (χ1) is 8.57. The molecule has 1 atom stereocenters. The third kappa shape index (κ3) is 3.79. The van der Waals surface area contributed by atoms with Crippen LogP contribution in [0.5, 0.6) is 0 Å². The maximum absolute atomic E-state index is 13.4. The van der Waals surface area contributed by atoms with E-state index in [0.29, 0.717) is 6.04 Å². The highest BCUT2D eigenvalue weighted by Crippen LogP contribution is 2.23. The molecule has 0 aliphatic carbocycles. The lowest BCUT2D eigenvalue weighted by Gasteiger charge is -2.36. The molecule has 1 unspecified atom stereocenters. The van der Waals surface area contributed by atoms with Crippen LogP contribution in [-0.4, -0.2) is 24.8 Å². The lowest BCUT2D eigenvalue weighted by atomic mass is 9.94. The monoisotopic (exact) mass is 251 g/mol. The fourth-order valence-corrected chi connectivity index (χ4v) is 2.52. The van der Waals surface area contributed by atoms with Gasteiger partial charge in [-0.2, -0.15) is 0 Å². The topological polar surface area (TPSA) is 21.3 Å². The van der Waals surface area contributed by atoms with Crippen LogP contribution in [0.2, 0.25) is 0 Å². The van der Waals surface area contributed by atoms with Crippen LogP contribution in [0.1, 0.15) is 32.3 Å². The summed E-state index contributed by atoms with van der Waals surface area (Å²) in [6.45, 7) is 5.88. The molecule has 0 bridgehead atoms. The Balaban J connectivity index is 1.77. The van der Waals surface area contributed by atoms with E-state index in [1.54, 1.807) is 6.07 Å². The minimum Gasteiger partial charge on any atom is -0.375 e. The van der Waals surface area contributed by atoms with Gasteiger partial charge in [-0.3, -0.25) is 0 Å². The standard InChI is InChI=1S/C15H22FNO/c1-15(2)11-13(8-10-18-15)17-9-7-12-5-3-4-6-14(12)16/h3-6,13,17H,7-11H2,1-2H3. The number of rotatable bonds is 4. The predicted molar refractivity (Wildman–Crippen MR) is 71.2 cm³/mol. The fourth-order valence-electron chi connectivity index (χ4n) is 2.52. The Bertz CT molecular complexity index is 392. The summed E-state index contributed by atoms with van der Waals surface area (Å²) in [5.41, 5.74) is 0.754. The molecule has 0 saturated carbocycles. The van der Waals surface area contributed by atoms with Gasteiger partial charge in [-0.25, -0.2) is 4.39 Å². The van der Waals surface area contributed by atoms with Gasteiger partial charge in [0.1, 0.15) is 5.82 Å². The van der Waals surface area contributed by atoms with Crippen molar-refractivity contribution in [3.63, 3.8) is 0 Å². The molecule has 0 spiro atoms. The SMILES string of the molecule is CC1(C)CC(NCCc2ccccc2F)CCO1. The molecular formula is C15H22FNO. The Labute approximate surface area is 109 Å². The Kier molecular flexibility index (Phi) is 4.36. The zero-order chi connectivity index (χ0) is 13.0. The third-order valence-electron chi connectivity index (χ3n) is 3.48. The van der Waals surface area contributed by atoms with Gasteiger partial charge in [-0.1, -0.05) is 18.2 Å². The van der Waals surface area contributed by atoms with Gasteiger partial charge in [0.15, 0.2) is 0 Å². The van der Waals surface area contributed by atoms with Crippen molar-refractivity contribution in [1.82, 2.24) is 5.32 Å². The molecular weight excluding hydrogens is 229 g/mol. The van der Waals surface area contributed by atoms with Crippen molar-refractivity contribution < 1.29 is 9.13 Å². The van der Waals surface area contributed by atoms with Gasteiger partial charge in [0.05, 0.1) is 5.60 Å².